The SMILES string of the molecule is O=C(NCc1coc2ncccc12)Nc1ncc(C(F)(F)F)s1. The maximum Gasteiger partial charge on any atom is 0.427 e. The maximum absolute atomic E-state index is 12.4. The number of carbonyl (C=O) groups excluding carboxylic acids is 1. The minimum Gasteiger partial charge on any atom is -0.446 e. The van der Waals surface area contributed by atoms with Gasteiger partial charge in [-0.1, -0.05) is 11.3 Å². The van der Waals surface area contributed by atoms with Crippen molar-refractivity contribution in [1.29, 1.82) is 0 Å². The number of anilines is 1. The molecule has 0 aromatic carbocycles. The molecular formula is C13H9F3N4O2S. The van der Waals surface area contributed by atoms with Crippen LogP contribution < -0.4 is 10.6 Å². The molecule has 3 heterocycles. The summed E-state index contributed by atoms with van der Waals surface area (Å²) in [5.41, 5.74) is 1.15. The van der Waals surface area contributed by atoms with Crippen molar-refractivity contribution in [2.45, 2.75) is 12.7 Å². The molecule has 0 radical (unpaired) electrons. The highest BCUT2D eigenvalue weighted by Gasteiger charge is 2.33. The van der Waals surface area contributed by atoms with E-state index in [1.165, 1.54) is 6.26 Å². The third-order valence-corrected chi connectivity index (χ3v) is 3.83. The number of amides is 2. The first-order valence-electron chi connectivity index (χ1n) is 6.32. The molecule has 2 amide bonds. The number of hydrogen-bond acceptors (Lipinski definition) is 5. The van der Waals surface area contributed by atoms with Gasteiger partial charge in [-0.2, -0.15) is 13.2 Å². The van der Waals surface area contributed by atoms with E-state index in [1.54, 1.807) is 18.3 Å². The quantitative estimate of drug-likeness (QED) is 0.762. The smallest absolute Gasteiger partial charge is 0.427 e. The van der Waals surface area contributed by atoms with Crippen LogP contribution in [0.5, 0.6) is 0 Å². The van der Waals surface area contributed by atoms with Gasteiger partial charge in [-0.25, -0.2) is 14.8 Å². The fourth-order valence-corrected chi connectivity index (χ4v) is 2.51. The van der Waals surface area contributed by atoms with Gasteiger partial charge in [0, 0.05) is 23.7 Å². The van der Waals surface area contributed by atoms with Crippen LogP contribution in [-0.4, -0.2) is 16.0 Å². The van der Waals surface area contributed by atoms with E-state index in [1.807, 2.05) is 0 Å². The summed E-state index contributed by atoms with van der Waals surface area (Å²) in [6.07, 6.45) is -0.758. The van der Waals surface area contributed by atoms with Gasteiger partial charge in [-0.05, 0) is 12.1 Å². The second kappa shape index (κ2) is 5.88. The van der Waals surface area contributed by atoms with Gasteiger partial charge in [-0.15, -0.1) is 0 Å². The highest BCUT2D eigenvalue weighted by Crippen LogP contribution is 2.34. The Balaban J connectivity index is 1.60. The van der Waals surface area contributed by atoms with E-state index in [2.05, 4.69) is 20.6 Å². The van der Waals surface area contributed by atoms with E-state index in [0.29, 0.717) is 28.8 Å². The molecule has 0 atom stereocenters. The number of urea groups is 1. The Morgan fingerprint density at radius 3 is 2.91 bits per heavy atom. The fraction of sp³-hybridized carbons (Fsp3) is 0.154. The minimum atomic E-state index is -4.48. The zero-order chi connectivity index (χ0) is 16.4. The Hall–Kier alpha value is -2.62. The molecule has 3 aromatic rings. The topological polar surface area (TPSA) is 80.0 Å². The minimum absolute atomic E-state index is 0.131. The third-order valence-electron chi connectivity index (χ3n) is 2.87. The lowest BCUT2D eigenvalue weighted by atomic mass is 10.2. The number of pyridine rings is 1. The number of fused-ring (bicyclic) bond motifs is 1. The van der Waals surface area contributed by atoms with Crippen LogP contribution >= 0.6 is 11.3 Å². The normalized spacial score (nSPS) is 11.6. The lowest BCUT2D eigenvalue weighted by Crippen LogP contribution is -2.27. The summed E-state index contributed by atoms with van der Waals surface area (Å²) in [5.74, 6) is 0. The average Bonchev–Trinajstić information content (AvgIpc) is 3.11. The van der Waals surface area contributed by atoms with Gasteiger partial charge in [0.25, 0.3) is 0 Å². The number of alkyl halides is 3. The van der Waals surface area contributed by atoms with Crippen LogP contribution in [0, 0.1) is 0 Å². The van der Waals surface area contributed by atoms with E-state index in [9.17, 15) is 18.0 Å². The van der Waals surface area contributed by atoms with Crippen molar-refractivity contribution in [1.82, 2.24) is 15.3 Å². The van der Waals surface area contributed by atoms with Crippen LogP contribution in [0.15, 0.2) is 35.2 Å². The third kappa shape index (κ3) is 3.42. The van der Waals surface area contributed by atoms with Gasteiger partial charge in [-0.3, -0.25) is 5.32 Å². The van der Waals surface area contributed by atoms with E-state index in [-0.39, 0.29) is 11.7 Å². The first kappa shape index (κ1) is 15.3. The average molecular weight is 342 g/mol. The van der Waals surface area contributed by atoms with Crippen LogP contribution in [0.2, 0.25) is 0 Å². The molecule has 0 fully saturated rings. The van der Waals surface area contributed by atoms with E-state index in [0.717, 1.165) is 5.39 Å². The van der Waals surface area contributed by atoms with E-state index >= 15 is 0 Å². The number of carbonyl (C=O) groups is 1. The Kier molecular flexibility index (Phi) is 3.90. The number of nitrogens with one attached hydrogen (secondary N) is 2. The number of nitrogens with zero attached hydrogens (tertiary/aromatic N) is 2. The predicted octanol–water partition coefficient (Wildman–Crippen LogP) is 3.62. The van der Waals surface area contributed by atoms with Crippen LogP contribution in [0.1, 0.15) is 10.4 Å². The largest absolute Gasteiger partial charge is 0.446 e. The van der Waals surface area contributed by atoms with Crippen molar-refractivity contribution in [2.24, 2.45) is 0 Å². The molecule has 10 heteroatoms. The second-order valence-electron chi connectivity index (χ2n) is 4.45. The molecule has 6 nitrogen and oxygen atoms in total. The van der Waals surface area contributed by atoms with Gasteiger partial charge >= 0.3 is 12.2 Å². The standard InChI is InChI=1S/C13H9F3N4O2S/c14-13(15,16)9-5-19-12(23-9)20-11(21)18-4-7-6-22-10-8(7)2-1-3-17-10/h1-3,5-6H,4H2,(H2,18,19,20,21). The molecule has 3 rings (SSSR count). The predicted molar refractivity (Wildman–Crippen MR) is 77.0 cm³/mol. The molecule has 23 heavy (non-hydrogen) atoms. The number of halogens is 3. The van der Waals surface area contributed by atoms with Crippen molar-refractivity contribution >= 4 is 33.6 Å². The summed E-state index contributed by atoms with van der Waals surface area (Å²) in [7, 11) is 0. The molecule has 2 N–H and O–H groups in total. The monoisotopic (exact) mass is 342 g/mol. The van der Waals surface area contributed by atoms with Crippen molar-refractivity contribution in [2.75, 3.05) is 5.32 Å². The fourth-order valence-electron chi connectivity index (χ4n) is 1.84. The number of thiazole rings is 1. The molecule has 120 valence electrons. The lowest BCUT2D eigenvalue weighted by molar-refractivity contribution is -0.134. The van der Waals surface area contributed by atoms with Crippen LogP contribution in [0.3, 0.4) is 0 Å². The van der Waals surface area contributed by atoms with Crippen molar-refractivity contribution in [3.63, 3.8) is 0 Å². The highest BCUT2D eigenvalue weighted by molar-refractivity contribution is 7.15. The zero-order valence-corrected chi connectivity index (χ0v) is 12.2. The van der Waals surface area contributed by atoms with Gasteiger partial charge in [0.1, 0.15) is 4.88 Å². The molecule has 0 saturated carbocycles. The van der Waals surface area contributed by atoms with Crippen molar-refractivity contribution in [3.05, 3.63) is 41.2 Å². The summed E-state index contributed by atoms with van der Waals surface area (Å²) >= 11 is 0.357. The molecule has 3 aromatic heterocycles. The van der Waals surface area contributed by atoms with Crippen molar-refractivity contribution in [3.8, 4) is 0 Å². The Morgan fingerprint density at radius 1 is 1.35 bits per heavy atom. The molecular weight excluding hydrogens is 333 g/mol. The summed E-state index contributed by atoms with van der Waals surface area (Å²) in [4.78, 5) is 18.4. The van der Waals surface area contributed by atoms with Crippen LogP contribution in [-0.2, 0) is 12.7 Å². The molecule has 0 aliphatic carbocycles. The van der Waals surface area contributed by atoms with Crippen LogP contribution in [0.25, 0.3) is 11.1 Å². The molecule has 0 bridgehead atoms. The van der Waals surface area contributed by atoms with Gasteiger partial charge in [0.05, 0.1) is 12.5 Å². The number of furan rings is 1. The Labute approximate surface area is 131 Å². The highest BCUT2D eigenvalue weighted by atomic mass is 32.1. The zero-order valence-electron chi connectivity index (χ0n) is 11.3. The summed E-state index contributed by atoms with van der Waals surface area (Å²) < 4.78 is 42.6. The number of rotatable bonds is 3. The molecule has 0 saturated heterocycles. The summed E-state index contributed by atoms with van der Waals surface area (Å²) in [6.45, 7) is 0.141. The van der Waals surface area contributed by atoms with Gasteiger partial charge in [0.2, 0.25) is 5.71 Å². The van der Waals surface area contributed by atoms with Gasteiger partial charge < -0.3 is 9.73 Å². The molecule has 0 spiro atoms. The summed E-state index contributed by atoms with van der Waals surface area (Å²) in [6, 6.07) is 2.86. The van der Waals surface area contributed by atoms with Gasteiger partial charge in [0.15, 0.2) is 5.13 Å². The Bertz CT molecular complexity index is 843. The van der Waals surface area contributed by atoms with E-state index < -0.39 is 17.1 Å². The maximum atomic E-state index is 12.4. The Morgan fingerprint density at radius 2 is 2.17 bits per heavy atom. The first-order valence-corrected chi connectivity index (χ1v) is 7.14. The number of hydrogen-bond donors (Lipinski definition) is 2. The second-order valence-corrected chi connectivity index (χ2v) is 5.48. The summed E-state index contributed by atoms with van der Waals surface area (Å²) in [5, 5.41) is 5.40. The lowest BCUT2D eigenvalue weighted by Gasteiger charge is -2.04. The molecule has 0 aliphatic heterocycles. The molecule has 0 unspecified atom stereocenters. The van der Waals surface area contributed by atoms with E-state index in [4.69, 9.17) is 4.42 Å². The van der Waals surface area contributed by atoms with Crippen molar-refractivity contribution < 1.29 is 22.4 Å². The molecule has 0 aliphatic rings. The van der Waals surface area contributed by atoms with Crippen LogP contribution in [0.4, 0.5) is 23.1 Å². The first-order chi connectivity index (χ1) is 10.9. The number of aromatic nitrogens is 2.